The van der Waals surface area contributed by atoms with E-state index in [-0.39, 0.29) is 5.69 Å². The van der Waals surface area contributed by atoms with Crippen molar-refractivity contribution in [3.8, 4) is 0 Å². The highest BCUT2D eigenvalue weighted by molar-refractivity contribution is 9.10. The number of hydrogen-bond acceptors (Lipinski definition) is 3. The lowest BCUT2D eigenvalue weighted by atomic mass is 10.2. The quantitative estimate of drug-likeness (QED) is 0.875. The number of amides is 1. The van der Waals surface area contributed by atoms with E-state index in [2.05, 4.69) is 31.5 Å². The predicted molar refractivity (Wildman–Crippen MR) is 85.2 cm³/mol. The van der Waals surface area contributed by atoms with Crippen molar-refractivity contribution < 1.29 is 9.18 Å². The first-order valence-electron chi connectivity index (χ1n) is 6.48. The molecular formula is C15H15BrFN3O. The summed E-state index contributed by atoms with van der Waals surface area (Å²) in [5, 5.41) is 5.68. The third-order valence-electron chi connectivity index (χ3n) is 2.85. The molecule has 0 radical (unpaired) electrons. The fourth-order valence-corrected chi connectivity index (χ4v) is 2.32. The maximum atomic E-state index is 13.8. The Bertz CT molecular complexity index is 656. The van der Waals surface area contributed by atoms with Crippen LogP contribution in [0.1, 0.15) is 23.0 Å². The van der Waals surface area contributed by atoms with Gasteiger partial charge in [0, 0.05) is 22.9 Å². The van der Waals surface area contributed by atoms with Crippen molar-refractivity contribution in [3.05, 3.63) is 52.0 Å². The van der Waals surface area contributed by atoms with Crippen molar-refractivity contribution in [1.82, 2.24) is 4.98 Å². The Morgan fingerprint density at radius 3 is 2.86 bits per heavy atom. The van der Waals surface area contributed by atoms with Crippen LogP contribution in [-0.4, -0.2) is 17.4 Å². The van der Waals surface area contributed by atoms with Gasteiger partial charge in [-0.05, 0) is 48.0 Å². The van der Waals surface area contributed by atoms with Crippen LogP contribution in [0.5, 0.6) is 0 Å². The minimum atomic E-state index is -0.497. The molecule has 1 heterocycles. The number of pyridine rings is 1. The molecule has 0 atom stereocenters. The normalized spacial score (nSPS) is 10.3. The monoisotopic (exact) mass is 351 g/mol. The summed E-state index contributed by atoms with van der Waals surface area (Å²) in [6, 6.07) is 6.30. The van der Waals surface area contributed by atoms with Crippen molar-refractivity contribution in [1.29, 1.82) is 0 Å². The highest BCUT2D eigenvalue weighted by Crippen LogP contribution is 2.26. The molecule has 0 aliphatic heterocycles. The van der Waals surface area contributed by atoms with Gasteiger partial charge in [0.15, 0.2) is 0 Å². The standard InChI is InChI=1S/C15H15BrFN3O/c1-3-18-13-7-9(2)19-8-10(13)15(21)20-14-11(16)5-4-6-12(14)17/h4-8H,3H2,1-2H3,(H,18,19)(H,20,21). The largest absolute Gasteiger partial charge is 0.385 e. The van der Waals surface area contributed by atoms with E-state index >= 15 is 0 Å². The molecule has 21 heavy (non-hydrogen) atoms. The van der Waals surface area contributed by atoms with E-state index < -0.39 is 11.7 Å². The van der Waals surface area contributed by atoms with Crippen LogP contribution < -0.4 is 10.6 Å². The zero-order chi connectivity index (χ0) is 15.4. The number of nitrogens with one attached hydrogen (secondary N) is 2. The summed E-state index contributed by atoms with van der Waals surface area (Å²) in [4.78, 5) is 16.5. The molecule has 6 heteroatoms. The molecule has 2 aromatic rings. The van der Waals surface area contributed by atoms with E-state index in [1.165, 1.54) is 12.3 Å². The number of carbonyl (C=O) groups is 1. The van der Waals surface area contributed by atoms with Crippen LogP contribution in [-0.2, 0) is 0 Å². The van der Waals surface area contributed by atoms with Gasteiger partial charge in [-0.15, -0.1) is 0 Å². The number of halogens is 2. The van der Waals surface area contributed by atoms with Crippen LogP contribution in [0.3, 0.4) is 0 Å². The summed E-state index contributed by atoms with van der Waals surface area (Å²) in [6.07, 6.45) is 1.48. The molecule has 0 spiro atoms. The molecule has 0 bridgehead atoms. The molecule has 0 saturated carbocycles. The number of carbonyl (C=O) groups excluding carboxylic acids is 1. The summed E-state index contributed by atoms with van der Waals surface area (Å²) in [7, 11) is 0. The predicted octanol–water partition coefficient (Wildman–Crippen LogP) is 3.98. The fourth-order valence-electron chi connectivity index (χ4n) is 1.88. The van der Waals surface area contributed by atoms with Crippen molar-refractivity contribution in [2.24, 2.45) is 0 Å². The Balaban J connectivity index is 2.32. The Kier molecular flexibility index (Phi) is 4.90. The van der Waals surface area contributed by atoms with Crippen LogP contribution in [0.2, 0.25) is 0 Å². The second kappa shape index (κ2) is 6.67. The summed E-state index contributed by atoms with van der Waals surface area (Å²) >= 11 is 3.22. The average molecular weight is 352 g/mol. The Morgan fingerprint density at radius 2 is 2.19 bits per heavy atom. The van der Waals surface area contributed by atoms with Crippen LogP contribution >= 0.6 is 15.9 Å². The molecule has 2 N–H and O–H groups in total. The van der Waals surface area contributed by atoms with E-state index in [9.17, 15) is 9.18 Å². The lowest BCUT2D eigenvalue weighted by Gasteiger charge is -2.12. The molecule has 1 aromatic carbocycles. The first-order valence-corrected chi connectivity index (χ1v) is 7.28. The average Bonchev–Trinajstić information content (AvgIpc) is 2.43. The van der Waals surface area contributed by atoms with E-state index in [0.29, 0.717) is 22.3 Å². The van der Waals surface area contributed by atoms with E-state index in [0.717, 1.165) is 5.69 Å². The molecule has 2 rings (SSSR count). The SMILES string of the molecule is CCNc1cc(C)ncc1C(=O)Nc1c(F)cccc1Br. The molecule has 0 saturated heterocycles. The van der Waals surface area contributed by atoms with Crippen LogP contribution in [0.25, 0.3) is 0 Å². The molecule has 0 aliphatic carbocycles. The first kappa shape index (κ1) is 15.4. The number of hydrogen-bond donors (Lipinski definition) is 2. The minimum absolute atomic E-state index is 0.116. The molecule has 0 aliphatic rings. The summed E-state index contributed by atoms with van der Waals surface area (Å²) in [5.41, 5.74) is 1.97. The lowest BCUT2D eigenvalue weighted by molar-refractivity contribution is 0.102. The minimum Gasteiger partial charge on any atom is -0.385 e. The van der Waals surface area contributed by atoms with Gasteiger partial charge >= 0.3 is 0 Å². The topological polar surface area (TPSA) is 54.0 Å². The first-order chi connectivity index (χ1) is 10.0. The van der Waals surface area contributed by atoms with Gasteiger partial charge in [-0.25, -0.2) is 4.39 Å². The number of anilines is 2. The molecule has 4 nitrogen and oxygen atoms in total. The molecular weight excluding hydrogens is 337 g/mol. The van der Waals surface area contributed by atoms with Gasteiger partial charge in [-0.1, -0.05) is 6.07 Å². The number of aromatic nitrogens is 1. The number of para-hydroxylation sites is 1. The number of benzene rings is 1. The Morgan fingerprint density at radius 1 is 1.43 bits per heavy atom. The van der Waals surface area contributed by atoms with Gasteiger partial charge in [0.05, 0.1) is 16.9 Å². The van der Waals surface area contributed by atoms with Crippen LogP contribution in [0, 0.1) is 12.7 Å². The van der Waals surface area contributed by atoms with Crippen molar-refractivity contribution >= 4 is 33.2 Å². The molecule has 1 amide bonds. The lowest BCUT2D eigenvalue weighted by Crippen LogP contribution is -2.16. The molecule has 0 fully saturated rings. The van der Waals surface area contributed by atoms with Gasteiger partial charge in [0.25, 0.3) is 5.91 Å². The molecule has 1 aromatic heterocycles. The Labute approximate surface area is 130 Å². The second-order valence-electron chi connectivity index (χ2n) is 4.45. The summed E-state index contributed by atoms with van der Waals surface area (Å²) in [6.45, 7) is 4.45. The Hall–Kier alpha value is -1.95. The van der Waals surface area contributed by atoms with Crippen molar-refractivity contribution in [2.75, 3.05) is 17.2 Å². The zero-order valence-corrected chi connectivity index (χ0v) is 13.3. The fraction of sp³-hybridized carbons (Fsp3) is 0.200. The van der Waals surface area contributed by atoms with Gasteiger partial charge < -0.3 is 10.6 Å². The number of aryl methyl sites for hydroxylation is 1. The van der Waals surface area contributed by atoms with E-state index in [1.807, 2.05) is 13.8 Å². The highest BCUT2D eigenvalue weighted by atomic mass is 79.9. The van der Waals surface area contributed by atoms with Crippen LogP contribution in [0.15, 0.2) is 34.9 Å². The van der Waals surface area contributed by atoms with E-state index in [1.54, 1.807) is 18.2 Å². The van der Waals surface area contributed by atoms with Gasteiger partial charge in [-0.2, -0.15) is 0 Å². The maximum Gasteiger partial charge on any atom is 0.259 e. The number of nitrogens with zero attached hydrogens (tertiary/aromatic N) is 1. The summed E-state index contributed by atoms with van der Waals surface area (Å²) in [5.74, 6) is -0.910. The van der Waals surface area contributed by atoms with Gasteiger partial charge in [-0.3, -0.25) is 9.78 Å². The molecule has 110 valence electrons. The smallest absolute Gasteiger partial charge is 0.259 e. The highest BCUT2D eigenvalue weighted by Gasteiger charge is 2.15. The maximum absolute atomic E-state index is 13.8. The number of rotatable bonds is 4. The molecule has 0 unspecified atom stereocenters. The summed E-state index contributed by atoms with van der Waals surface area (Å²) < 4.78 is 14.3. The third kappa shape index (κ3) is 3.58. The van der Waals surface area contributed by atoms with Crippen LogP contribution in [0.4, 0.5) is 15.8 Å². The third-order valence-corrected chi connectivity index (χ3v) is 3.51. The second-order valence-corrected chi connectivity index (χ2v) is 5.31. The van der Waals surface area contributed by atoms with Crippen molar-refractivity contribution in [2.45, 2.75) is 13.8 Å². The van der Waals surface area contributed by atoms with Gasteiger partial charge in [0.2, 0.25) is 0 Å². The zero-order valence-electron chi connectivity index (χ0n) is 11.7. The van der Waals surface area contributed by atoms with Gasteiger partial charge in [0.1, 0.15) is 5.82 Å². The van der Waals surface area contributed by atoms with E-state index in [4.69, 9.17) is 0 Å². The van der Waals surface area contributed by atoms with Crippen molar-refractivity contribution in [3.63, 3.8) is 0 Å².